The first-order valence-corrected chi connectivity index (χ1v) is 10.9. The molecule has 1 aromatic carbocycles. The van der Waals surface area contributed by atoms with Crippen LogP contribution in [0.3, 0.4) is 0 Å². The van der Waals surface area contributed by atoms with Crippen molar-refractivity contribution in [3.05, 3.63) is 23.8 Å². The van der Waals surface area contributed by atoms with E-state index in [0.29, 0.717) is 0 Å². The van der Waals surface area contributed by atoms with Gasteiger partial charge in [-0.25, -0.2) is 0 Å². The summed E-state index contributed by atoms with van der Waals surface area (Å²) in [6.45, 7) is 8.00. The number of hydrogen-bond acceptors (Lipinski definition) is 4. The van der Waals surface area contributed by atoms with E-state index in [0.717, 1.165) is 42.9 Å². The highest BCUT2D eigenvalue weighted by Crippen LogP contribution is 2.27. The molecule has 0 saturated carbocycles. The van der Waals surface area contributed by atoms with E-state index in [-0.39, 0.29) is 24.0 Å². The number of ether oxygens (including phenoxy) is 2. The van der Waals surface area contributed by atoms with Crippen molar-refractivity contribution in [3.63, 3.8) is 0 Å². The smallest absolute Gasteiger partial charge is 0.193 e. The molecule has 2 rings (SSSR count). The number of methoxy groups -OCH3 is 2. The highest BCUT2D eigenvalue weighted by atomic mass is 127. The highest BCUT2D eigenvalue weighted by molar-refractivity contribution is 14.0. The zero-order valence-corrected chi connectivity index (χ0v) is 21.8. The second kappa shape index (κ2) is 14.7. The van der Waals surface area contributed by atoms with Gasteiger partial charge in [-0.3, -0.25) is 4.99 Å². The lowest BCUT2D eigenvalue weighted by Crippen LogP contribution is -2.40. The van der Waals surface area contributed by atoms with Gasteiger partial charge in [0.25, 0.3) is 0 Å². The van der Waals surface area contributed by atoms with Crippen LogP contribution in [0.5, 0.6) is 11.5 Å². The maximum absolute atomic E-state index is 5.40. The van der Waals surface area contributed by atoms with Crippen LogP contribution in [0.2, 0.25) is 0 Å². The summed E-state index contributed by atoms with van der Waals surface area (Å²) in [5.41, 5.74) is 1.22. The molecule has 1 unspecified atom stereocenters. The van der Waals surface area contributed by atoms with E-state index in [4.69, 9.17) is 9.47 Å². The molecule has 1 aliphatic rings. The lowest BCUT2D eigenvalue weighted by molar-refractivity contribution is 0.181. The second-order valence-corrected chi connectivity index (χ2v) is 8.09. The molecule has 1 aromatic rings. The van der Waals surface area contributed by atoms with E-state index in [1.54, 1.807) is 14.2 Å². The zero-order chi connectivity index (χ0) is 21.1. The predicted octanol–water partition coefficient (Wildman–Crippen LogP) is 3.88. The van der Waals surface area contributed by atoms with Crippen molar-refractivity contribution in [1.82, 2.24) is 15.1 Å². The lowest BCUT2D eigenvalue weighted by Gasteiger charge is -2.30. The molecule has 1 N–H and O–H groups in total. The van der Waals surface area contributed by atoms with Crippen molar-refractivity contribution in [1.29, 1.82) is 0 Å². The monoisotopic (exact) mass is 532 g/mol. The number of piperidine rings is 1. The number of halogens is 1. The summed E-state index contributed by atoms with van der Waals surface area (Å²) < 4.78 is 10.7. The van der Waals surface area contributed by atoms with Crippen molar-refractivity contribution in [3.8, 4) is 11.5 Å². The molecule has 0 amide bonds. The lowest BCUT2D eigenvalue weighted by atomic mass is 10.0. The molecular weight excluding hydrogens is 491 g/mol. The van der Waals surface area contributed by atoms with Crippen LogP contribution in [0.25, 0.3) is 0 Å². The van der Waals surface area contributed by atoms with Crippen LogP contribution in [0.15, 0.2) is 23.2 Å². The number of likely N-dealkylation sites (N-methyl/N-ethyl adjacent to an activating group) is 1. The summed E-state index contributed by atoms with van der Waals surface area (Å²) in [7, 11) is 7.27. The van der Waals surface area contributed by atoms with Crippen molar-refractivity contribution in [2.75, 3.05) is 61.0 Å². The Morgan fingerprint density at radius 2 is 2.00 bits per heavy atom. The zero-order valence-electron chi connectivity index (χ0n) is 19.4. The van der Waals surface area contributed by atoms with Gasteiger partial charge in [-0.15, -0.1) is 24.0 Å². The molecule has 0 spiro atoms. The van der Waals surface area contributed by atoms with E-state index < -0.39 is 0 Å². The van der Waals surface area contributed by atoms with Gasteiger partial charge in [0.1, 0.15) is 0 Å². The Kier molecular flexibility index (Phi) is 13.2. The molecule has 1 saturated heterocycles. The number of aliphatic imine (C=N–C) groups is 1. The van der Waals surface area contributed by atoms with Crippen molar-refractivity contribution >= 4 is 29.9 Å². The van der Waals surface area contributed by atoms with Gasteiger partial charge in [0.15, 0.2) is 17.5 Å². The summed E-state index contributed by atoms with van der Waals surface area (Å²) in [4.78, 5) is 9.24. The first-order chi connectivity index (χ1) is 14.1. The third-order valence-electron chi connectivity index (χ3n) is 5.68. The van der Waals surface area contributed by atoms with Crippen LogP contribution in [0.4, 0.5) is 0 Å². The van der Waals surface area contributed by atoms with Gasteiger partial charge in [-0.1, -0.05) is 13.0 Å². The fourth-order valence-corrected chi connectivity index (χ4v) is 3.97. The third-order valence-corrected chi connectivity index (χ3v) is 5.68. The minimum atomic E-state index is 0. The molecule has 30 heavy (non-hydrogen) atoms. The average molecular weight is 533 g/mol. The largest absolute Gasteiger partial charge is 0.493 e. The summed E-state index contributed by atoms with van der Waals surface area (Å²) in [5, 5.41) is 3.51. The Hall–Kier alpha value is -1.22. The Bertz CT molecular complexity index is 642. The Balaban J connectivity index is 0.00000450. The Morgan fingerprint density at radius 1 is 1.23 bits per heavy atom. The van der Waals surface area contributed by atoms with Gasteiger partial charge in [0.2, 0.25) is 0 Å². The molecule has 0 aromatic heterocycles. The van der Waals surface area contributed by atoms with Crippen LogP contribution >= 0.6 is 24.0 Å². The molecular formula is C23H41IN4O2. The van der Waals surface area contributed by atoms with E-state index >= 15 is 0 Å². The number of unbranched alkanes of at least 4 members (excludes halogenated alkanes) is 1. The van der Waals surface area contributed by atoms with E-state index in [1.807, 2.05) is 19.2 Å². The maximum atomic E-state index is 5.40. The van der Waals surface area contributed by atoms with Gasteiger partial charge in [-0.05, 0) is 68.8 Å². The van der Waals surface area contributed by atoms with Gasteiger partial charge in [0, 0.05) is 33.7 Å². The molecule has 1 fully saturated rings. The molecule has 0 radical (unpaired) electrons. The number of hydrogen-bond donors (Lipinski definition) is 1. The molecule has 6 nitrogen and oxygen atoms in total. The van der Waals surface area contributed by atoms with Crippen LogP contribution in [0, 0.1) is 5.92 Å². The SMILES string of the molecule is CN=C(NCCCCN1CCCC(C)C1)N(C)CCc1ccc(OC)c(OC)c1.I. The van der Waals surface area contributed by atoms with E-state index in [9.17, 15) is 0 Å². The van der Waals surface area contributed by atoms with Gasteiger partial charge < -0.3 is 24.6 Å². The predicted molar refractivity (Wildman–Crippen MR) is 137 cm³/mol. The average Bonchev–Trinajstić information content (AvgIpc) is 2.74. The number of likely N-dealkylation sites (tertiary alicyclic amines) is 1. The number of rotatable bonds is 10. The third kappa shape index (κ3) is 8.88. The molecule has 1 aliphatic heterocycles. The molecule has 7 heteroatoms. The van der Waals surface area contributed by atoms with E-state index in [1.165, 1.54) is 50.9 Å². The van der Waals surface area contributed by atoms with Crippen LogP contribution in [-0.4, -0.2) is 76.8 Å². The number of nitrogens with one attached hydrogen (secondary N) is 1. The van der Waals surface area contributed by atoms with Crippen LogP contribution in [0.1, 0.15) is 38.2 Å². The normalized spacial score (nSPS) is 17.2. The fourth-order valence-electron chi connectivity index (χ4n) is 3.97. The summed E-state index contributed by atoms with van der Waals surface area (Å²) in [6, 6.07) is 6.10. The standard InChI is InChI=1S/C23H40N4O2.HI/c1-19-9-8-15-27(18-19)14-7-6-13-25-23(24-2)26(3)16-12-20-10-11-21(28-4)22(17-20)29-5;/h10-11,17,19H,6-9,12-16,18H2,1-5H3,(H,24,25);1H. The summed E-state index contributed by atoms with van der Waals surface area (Å²) >= 11 is 0. The van der Waals surface area contributed by atoms with Crippen LogP contribution in [-0.2, 0) is 6.42 Å². The fraction of sp³-hybridized carbons (Fsp3) is 0.696. The molecule has 0 bridgehead atoms. The Morgan fingerprint density at radius 3 is 2.67 bits per heavy atom. The number of guanidine groups is 1. The quantitative estimate of drug-likeness (QED) is 0.215. The number of benzene rings is 1. The maximum Gasteiger partial charge on any atom is 0.193 e. The van der Waals surface area contributed by atoms with Gasteiger partial charge >= 0.3 is 0 Å². The molecule has 1 heterocycles. The summed E-state index contributed by atoms with van der Waals surface area (Å²) in [5.74, 6) is 3.36. The second-order valence-electron chi connectivity index (χ2n) is 8.09. The van der Waals surface area contributed by atoms with Crippen molar-refractivity contribution < 1.29 is 9.47 Å². The number of nitrogens with zero attached hydrogens (tertiary/aromatic N) is 3. The van der Waals surface area contributed by atoms with Crippen molar-refractivity contribution in [2.45, 2.75) is 39.0 Å². The summed E-state index contributed by atoms with van der Waals surface area (Å²) in [6.07, 6.45) is 6.09. The first-order valence-electron chi connectivity index (χ1n) is 10.9. The minimum Gasteiger partial charge on any atom is -0.493 e. The van der Waals surface area contributed by atoms with E-state index in [2.05, 4.69) is 40.1 Å². The van der Waals surface area contributed by atoms with Crippen LogP contribution < -0.4 is 14.8 Å². The molecule has 1 atom stereocenters. The molecule has 0 aliphatic carbocycles. The minimum absolute atomic E-state index is 0. The van der Waals surface area contributed by atoms with Gasteiger partial charge in [-0.2, -0.15) is 0 Å². The van der Waals surface area contributed by atoms with Crippen molar-refractivity contribution in [2.24, 2.45) is 10.9 Å². The first kappa shape index (κ1) is 26.8. The van der Waals surface area contributed by atoms with Gasteiger partial charge in [0.05, 0.1) is 14.2 Å². The molecule has 172 valence electrons. The topological polar surface area (TPSA) is 49.3 Å². The Labute approximate surface area is 200 Å². The highest BCUT2D eigenvalue weighted by Gasteiger charge is 2.15.